The molecule has 8 heteroatoms. The first-order valence-electron chi connectivity index (χ1n) is 9.15. The third kappa shape index (κ3) is 4.01. The van der Waals surface area contributed by atoms with Crippen molar-refractivity contribution in [3.63, 3.8) is 0 Å². The zero-order valence-corrected chi connectivity index (χ0v) is 16.1. The van der Waals surface area contributed by atoms with Gasteiger partial charge in [0.25, 0.3) is 5.78 Å². The number of amides is 1. The van der Waals surface area contributed by atoms with E-state index in [2.05, 4.69) is 20.7 Å². The highest BCUT2D eigenvalue weighted by atomic mass is 16.2. The van der Waals surface area contributed by atoms with Crippen molar-refractivity contribution in [2.24, 2.45) is 0 Å². The fraction of sp³-hybridized carbons (Fsp3) is 0.143. The first-order valence-corrected chi connectivity index (χ1v) is 9.15. The van der Waals surface area contributed by atoms with Crippen LogP contribution in [0.2, 0.25) is 0 Å². The monoisotopic (exact) mass is 388 g/mol. The van der Waals surface area contributed by atoms with E-state index in [0.29, 0.717) is 5.82 Å². The summed E-state index contributed by atoms with van der Waals surface area (Å²) in [6.45, 7) is 3.67. The lowest BCUT2D eigenvalue weighted by molar-refractivity contribution is -0.117. The Balaban J connectivity index is 1.54. The van der Waals surface area contributed by atoms with Gasteiger partial charge in [0.15, 0.2) is 0 Å². The number of fused-ring (bicyclic) bond motifs is 1. The number of aryl methyl sites for hydroxylation is 2. The van der Waals surface area contributed by atoms with Gasteiger partial charge in [-0.1, -0.05) is 30.3 Å². The van der Waals surface area contributed by atoms with Gasteiger partial charge < -0.3 is 10.6 Å². The van der Waals surface area contributed by atoms with E-state index in [9.17, 15) is 9.59 Å². The second-order valence-electron chi connectivity index (χ2n) is 6.78. The van der Waals surface area contributed by atoms with Gasteiger partial charge in [-0.2, -0.15) is 4.98 Å². The van der Waals surface area contributed by atoms with Crippen LogP contribution in [0.5, 0.6) is 0 Å². The Hall–Kier alpha value is -3.94. The highest BCUT2D eigenvalue weighted by Crippen LogP contribution is 2.16. The van der Waals surface area contributed by atoms with E-state index >= 15 is 0 Å². The lowest BCUT2D eigenvalue weighted by atomic mass is 10.1. The molecule has 2 aromatic heterocycles. The standard InChI is InChI=1S/C21H20N6O2/c1-14-8-9-15(2)17(12-14)23-19(28)13-27-21(29)26-11-10-18(24-20(26)25-27)22-16-6-4-3-5-7-16/h3-12H,13H2,1-2H3,(H,23,28)(H,22,24,25). The van der Waals surface area contributed by atoms with Gasteiger partial charge in [-0.25, -0.2) is 13.9 Å². The molecule has 0 aliphatic rings. The average molecular weight is 388 g/mol. The van der Waals surface area contributed by atoms with E-state index in [1.807, 2.05) is 62.4 Å². The van der Waals surface area contributed by atoms with E-state index in [1.54, 1.807) is 12.3 Å². The number of anilines is 3. The van der Waals surface area contributed by atoms with Crippen LogP contribution in [-0.4, -0.2) is 25.1 Å². The van der Waals surface area contributed by atoms with Crippen LogP contribution in [0.1, 0.15) is 11.1 Å². The summed E-state index contributed by atoms with van der Waals surface area (Å²) in [6.07, 6.45) is 1.59. The normalized spacial score (nSPS) is 10.8. The maximum atomic E-state index is 12.5. The number of rotatable bonds is 5. The molecule has 0 aliphatic carbocycles. The highest BCUT2D eigenvalue weighted by Gasteiger charge is 2.13. The zero-order valence-electron chi connectivity index (χ0n) is 16.1. The molecule has 0 atom stereocenters. The van der Waals surface area contributed by atoms with Crippen LogP contribution < -0.4 is 16.3 Å². The number of nitrogens with zero attached hydrogens (tertiary/aromatic N) is 4. The molecule has 2 heterocycles. The minimum atomic E-state index is -0.421. The van der Waals surface area contributed by atoms with Crippen LogP contribution in [0.4, 0.5) is 17.2 Å². The molecule has 0 saturated carbocycles. The van der Waals surface area contributed by atoms with Crippen LogP contribution in [0.15, 0.2) is 65.6 Å². The summed E-state index contributed by atoms with van der Waals surface area (Å²) in [7, 11) is 0. The topological polar surface area (TPSA) is 93.3 Å². The summed E-state index contributed by atoms with van der Waals surface area (Å²) in [5, 5.41) is 10.2. The van der Waals surface area contributed by atoms with Gasteiger partial charge in [-0.05, 0) is 49.2 Å². The Morgan fingerprint density at radius 1 is 1.07 bits per heavy atom. The van der Waals surface area contributed by atoms with Crippen LogP contribution in [0, 0.1) is 13.8 Å². The largest absolute Gasteiger partial charge is 0.352 e. The van der Waals surface area contributed by atoms with E-state index in [1.165, 1.54) is 4.40 Å². The SMILES string of the molecule is Cc1ccc(C)c(NC(=O)Cn2nc3nc(Nc4ccccc4)ccn3c2=O)c1. The molecule has 0 fully saturated rings. The highest BCUT2D eigenvalue weighted by molar-refractivity contribution is 5.91. The number of nitrogens with one attached hydrogen (secondary N) is 2. The van der Waals surface area contributed by atoms with Crippen LogP contribution in [-0.2, 0) is 11.3 Å². The van der Waals surface area contributed by atoms with Crippen molar-refractivity contribution in [1.82, 2.24) is 19.2 Å². The molecule has 0 aliphatic heterocycles. The number of hydrogen-bond acceptors (Lipinski definition) is 5. The summed E-state index contributed by atoms with van der Waals surface area (Å²) in [6, 6.07) is 17.1. The molecule has 2 N–H and O–H groups in total. The Bertz CT molecular complexity index is 1240. The average Bonchev–Trinajstić information content (AvgIpc) is 3.00. The maximum absolute atomic E-state index is 12.5. The molecular weight excluding hydrogens is 368 g/mol. The zero-order chi connectivity index (χ0) is 20.4. The lowest BCUT2D eigenvalue weighted by Gasteiger charge is -2.08. The Morgan fingerprint density at radius 3 is 2.66 bits per heavy atom. The second-order valence-corrected chi connectivity index (χ2v) is 6.78. The molecule has 0 spiro atoms. The number of aromatic nitrogens is 4. The van der Waals surface area contributed by atoms with Crippen LogP contribution in [0.25, 0.3) is 5.78 Å². The molecule has 29 heavy (non-hydrogen) atoms. The summed E-state index contributed by atoms with van der Waals surface area (Å²) < 4.78 is 2.41. The van der Waals surface area contributed by atoms with Crippen LogP contribution >= 0.6 is 0 Å². The van der Waals surface area contributed by atoms with E-state index in [4.69, 9.17) is 0 Å². The summed E-state index contributed by atoms with van der Waals surface area (Å²) in [4.78, 5) is 29.3. The van der Waals surface area contributed by atoms with Gasteiger partial charge in [0, 0.05) is 17.6 Å². The Labute approximate surface area is 166 Å². The molecule has 8 nitrogen and oxygen atoms in total. The quantitative estimate of drug-likeness (QED) is 0.548. The third-order valence-corrected chi connectivity index (χ3v) is 4.46. The first-order chi connectivity index (χ1) is 14.0. The van der Waals surface area contributed by atoms with Crippen molar-refractivity contribution in [3.05, 3.63) is 82.4 Å². The molecule has 0 saturated heterocycles. The molecular formula is C21H20N6O2. The second kappa shape index (κ2) is 7.59. The smallest absolute Gasteiger partial charge is 0.340 e. The predicted molar refractivity (Wildman–Crippen MR) is 112 cm³/mol. The predicted octanol–water partition coefficient (Wildman–Crippen LogP) is 2.89. The number of para-hydroxylation sites is 1. The van der Waals surface area contributed by atoms with Gasteiger partial charge >= 0.3 is 5.69 Å². The minimum absolute atomic E-state index is 0.197. The van der Waals surface area contributed by atoms with E-state index in [-0.39, 0.29) is 18.2 Å². The molecule has 0 unspecified atom stereocenters. The maximum Gasteiger partial charge on any atom is 0.352 e. The van der Waals surface area contributed by atoms with Crippen molar-refractivity contribution >= 4 is 28.9 Å². The van der Waals surface area contributed by atoms with Crippen LogP contribution in [0.3, 0.4) is 0 Å². The van der Waals surface area contributed by atoms with Gasteiger partial charge in [0.2, 0.25) is 5.91 Å². The number of carbonyl (C=O) groups excluding carboxylic acids is 1. The summed E-state index contributed by atoms with van der Waals surface area (Å²) in [5.74, 6) is 0.447. The van der Waals surface area contributed by atoms with Crippen molar-refractivity contribution < 1.29 is 4.79 Å². The van der Waals surface area contributed by atoms with Crippen molar-refractivity contribution in [1.29, 1.82) is 0 Å². The first kappa shape index (κ1) is 18.4. The summed E-state index contributed by atoms with van der Waals surface area (Å²) >= 11 is 0. The summed E-state index contributed by atoms with van der Waals surface area (Å²) in [5.41, 5.74) is 3.16. The molecule has 4 rings (SSSR count). The lowest BCUT2D eigenvalue weighted by Crippen LogP contribution is -2.28. The van der Waals surface area contributed by atoms with Crippen molar-refractivity contribution in [2.75, 3.05) is 10.6 Å². The van der Waals surface area contributed by atoms with Gasteiger partial charge in [0.1, 0.15) is 12.4 Å². The molecule has 146 valence electrons. The fourth-order valence-electron chi connectivity index (χ4n) is 2.94. The van der Waals surface area contributed by atoms with Gasteiger partial charge in [0.05, 0.1) is 0 Å². The third-order valence-electron chi connectivity index (χ3n) is 4.46. The molecule has 2 aromatic carbocycles. The Kier molecular flexibility index (Phi) is 4.82. The van der Waals surface area contributed by atoms with Crippen molar-refractivity contribution in [2.45, 2.75) is 20.4 Å². The van der Waals surface area contributed by atoms with E-state index in [0.717, 1.165) is 27.2 Å². The van der Waals surface area contributed by atoms with Crippen molar-refractivity contribution in [3.8, 4) is 0 Å². The molecule has 0 bridgehead atoms. The molecule has 0 radical (unpaired) electrons. The molecule has 4 aromatic rings. The number of benzene rings is 2. The molecule has 1 amide bonds. The van der Waals surface area contributed by atoms with Gasteiger partial charge in [-0.3, -0.25) is 4.79 Å². The number of hydrogen-bond donors (Lipinski definition) is 2. The van der Waals surface area contributed by atoms with E-state index < -0.39 is 5.69 Å². The fourth-order valence-corrected chi connectivity index (χ4v) is 2.94. The minimum Gasteiger partial charge on any atom is -0.340 e. The van der Waals surface area contributed by atoms with Gasteiger partial charge in [-0.15, -0.1) is 5.10 Å². The number of carbonyl (C=O) groups is 1. The Morgan fingerprint density at radius 2 is 1.86 bits per heavy atom.